The van der Waals surface area contributed by atoms with Crippen molar-refractivity contribution in [3.8, 4) is 0 Å². The molecule has 2 rings (SSSR count). The monoisotopic (exact) mass is 346 g/mol. The van der Waals surface area contributed by atoms with Gasteiger partial charge < -0.3 is 4.89 Å². The Labute approximate surface area is 128 Å². The molecule has 0 aromatic heterocycles. The van der Waals surface area contributed by atoms with E-state index in [1.165, 1.54) is 36.4 Å². The van der Waals surface area contributed by atoms with Crippen molar-refractivity contribution < 1.29 is 22.1 Å². The molecule has 1 N–H and O–H groups in total. The molecule has 0 amide bonds. The Kier molecular flexibility index (Phi) is 5.19. The summed E-state index contributed by atoms with van der Waals surface area (Å²) in [7, 11) is -6.60. The molecular weight excluding hydrogens is 335 g/mol. The first kappa shape index (κ1) is 16.2. The average Bonchev–Trinajstić information content (AvgIpc) is 2.46. The highest BCUT2D eigenvalue weighted by atomic mass is 35.5. The first-order valence-corrected chi connectivity index (χ1v) is 9.00. The van der Waals surface area contributed by atoms with E-state index in [-0.39, 0.29) is 11.5 Å². The van der Waals surface area contributed by atoms with Crippen LogP contribution in [0.1, 0.15) is 5.56 Å². The molecule has 1 unspecified atom stereocenters. The van der Waals surface area contributed by atoms with Crippen LogP contribution >= 0.6 is 19.6 Å². The van der Waals surface area contributed by atoms with Crippen LogP contribution in [0.3, 0.4) is 0 Å². The van der Waals surface area contributed by atoms with Crippen LogP contribution in [0.2, 0.25) is 5.02 Å². The summed E-state index contributed by atoms with van der Waals surface area (Å²) in [6.07, 6.45) is 0. The molecule has 0 spiro atoms. The minimum atomic E-state index is -3.87. The SMILES string of the molecule is O=[PH](O)c1ccc(COS(=O)(=O)c2ccc(Cl)cc2)cc1. The molecule has 8 heteroatoms. The highest BCUT2D eigenvalue weighted by Crippen LogP contribution is 2.18. The van der Waals surface area contributed by atoms with Crippen molar-refractivity contribution in [3.63, 3.8) is 0 Å². The number of halogens is 1. The zero-order valence-corrected chi connectivity index (χ0v) is 13.3. The maximum absolute atomic E-state index is 11.9. The van der Waals surface area contributed by atoms with E-state index < -0.39 is 18.1 Å². The molecule has 1 atom stereocenters. The molecule has 0 heterocycles. The van der Waals surface area contributed by atoms with Crippen molar-refractivity contribution in [1.29, 1.82) is 0 Å². The van der Waals surface area contributed by atoms with Crippen LogP contribution in [0.5, 0.6) is 0 Å². The molecule has 0 saturated carbocycles. The zero-order chi connectivity index (χ0) is 15.5. The highest BCUT2D eigenvalue weighted by Gasteiger charge is 2.15. The van der Waals surface area contributed by atoms with Crippen molar-refractivity contribution in [2.24, 2.45) is 0 Å². The first-order chi connectivity index (χ1) is 9.88. The standard InChI is InChI=1S/C13H12ClO5PS/c14-11-3-7-13(8-4-11)21(17,18)19-9-10-1-5-12(6-2-10)20(15)16/h1-8,20H,9H2,(H,15,16). The fourth-order valence-electron chi connectivity index (χ4n) is 1.56. The molecule has 2 aromatic rings. The molecule has 5 nitrogen and oxygen atoms in total. The van der Waals surface area contributed by atoms with Crippen LogP contribution in [-0.4, -0.2) is 13.3 Å². The zero-order valence-electron chi connectivity index (χ0n) is 10.7. The maximum atomic E-state index is 11.9. The summed E-state index contributed by atoms with van der Waals surface area (Å²) in [5.41, 5.74) is 0.583. The lowest BCUT2D eigenvalue weighted by Crippen LogP contribution is -2.07. The number of rotatable bonds is 5. The Bertz CT molecular complexity index is 741. The van der Waals surface area contributed by atoms with Crippen molar-refractivity contribution in [2.75, 3.05) is 0 Å². The molecule has 0 fully saturated rings. The minimum Gasteiger partial charge on any atom is -0.343 e. The van der Waals surface area contributed by atoms with E-state index in [4.69, 9.17) is 20.7 Å². The third-order valence-corrected chi connectivity index (χ3v) is 5.04. The molecule has 0 aliphatic carbocycles. The van der Waals surface area contributed by atoms with Crippen LogP contribution in [-0.2, 0) is 25.5 Å². The molecule has 2 aromatic carbocycles. The lowest BCUT2D eigenvalue weighted by atomic mass is 10.2. The fraction of sp³-hybridized carbons (Fsp3) is 0.0769. The molecule has 0 aliphatic rings. The summed E-state index contributed by atoms with van der Waals surface area (Å²) in [5.74, 6) is 0. The van der Waals surface area contributed by atoms with Gasteiger partial charge in [0, 0.05) is 10.3 Å². The quantitative estimate of drug-likeness (QED) is 0.664. The van der Waals surface area contributed by atoms with Crippen LogP contribution in [0, 0.1) is 0 Å². The van der Waals surface area contributed by atoms with Crippen LogP contribution in [0.4, 0.5) is 0 Å². The highest BCUT2D eigenvalue weighted by molar-refractivity contribution is 7.86. The summed E-state index contributed by atoms with van der Waals surface area (Å²) in [5, 5.41) is 0.744. The lowest BCUT2D eigenvalue weighted by molar-refractivity contribution is 0.308. The van der Waals surface area contributed by atoms with Gasteiger partial charge >= 0.3 is 0 Å². The molecular formula is C13H12ClO5PS. The van der Waals surface area contributed by atoms with E-state index >= 15 is 0 Å². The van der Waals surface area contributed by atoms with Crippen LogP contribution in [0.25, 0.3) is 0 Å². The second-order valence-corrected chi connectivity index (χ2v) is 7.41. The smallest absolute Gasteiger partial charge is 0.297 e. The summed E-state index contributed by atoms with van der Waals surface area (Å²) >= 11 is 5.70. The summed E-state index contributed by atoms with van der Waals surface area (Å²) in [6.45, 7) is -0.155. The minimum absolute atomic E-state index is 0.0175. The predicted molar refractivity (Wildman–Crippen MR) is 80.7 cm³/mol. The van der Waals surface area contributed by atoms with Gasteiger partial charge in [-0.25, -0.2) is 0 Å². The maximum Gasteiger partial charge on any atom is 0.297 e. The predicted octanol–water partition coefficient (Wildman–Crippen LogP) is 2.34. The Morgan fingerprint density at radius 3 is 2.14 bits per heavy atom. The van der Waals surface area contributed by atoms with Crippen LogP contribution < -0.4 is 5.30 Å². The van der Waals surface area contributed by atoms with Crippen molar-refractivity contribution >= 4 is 35.1 Å². The first-order valence-electron chi connectivity index (χ1n) is 5.86. The van der Waals surface area contributed by atoms with Gasteiger partial charge in [-0.1, -0.05) is 23.7 Å². The second-order valence-electron chi connectivity index (χ2n) is 4.17. The Morgan fingerprint density at radius 1 is 1.05 bits per heavy atom. The molecule has 21 heavy (non-hydrogen) atoms. The molecule has 0 bridgehead atoms. The van der Waals surface area contributed by atoms with E-state index in [9.17, 15) is 13.0 Å². The van der Waals surface area contributed by atoms with Gasteiger partial charge in [-0.3, -0.25) is 8.75 Å². The third-order valence-electron chi connectivity index (χ3n) is 2.68. The van der Waals surface area contributed by atoms with Crippen LogP contribution in [0.15, 0.2) is 53.4 Å². The third kappa shape index (κ3) is 4.40. The summed E-state index contributed by atoms with van der Waals surface area (Å²) in [6, 6.07) is 11.7. The van der Waals surface area contributed by atoms with Crippen molar-refractivity contribution in [2.45, 2.75) is 11.5 Å². The number of benzene rings is 2. The Morgan fingerprint density at radius 2 is 1.62 bits per heavy atom. The lowest BCUT2D eigenvalue weighted by Gasteiger charge is -2.06. The van der Waals surface area contributed by atoms with E-state index in [0.717, 1.165) is 0 Å². The fourth-order valence-corrected chi connectivity index (χ4v) is 3.03. The van der Waals surface area contributed by atoms with Gasteiger partial charge in [0.2, 0.25) is 8.03 Å². The van der Waals surface area contributed by atoms with Gasteiger partial charge in [-0.2, -0.15) is 8.42 Å². The largest absolute Gasteiger partial charge is 0.343 e. The number of hydrogen-bond acceptors (Lipinski definition) is 4. The normalized spacial score (nSPS) is 13.0. The van der Waals surface area contributed by atoms with E-state index in [2.05, 4.69) is 0 Å². The van der Waals surface area contributed by atoms with E-state index in [1.54, 1.807) is 12.1 Å². The summed E-state index contributed by atoms with van der Waals surface area (Å²) in [4.78, 5) is 8.97. The van der Waals surface area contributed by atoms with E-state index in [1.807, 2.05) is 0 Å². The Balaban J connectivity index is 2.08. The second kappa shape index (κ2) is 6.73. The Hall–Kier alpha value is -1.17. The summed E-state index contributed by atoms with van der Waals surface area (Å²) < 4.78 is 39.7. The van der Waals surface area contributed by atoms with E-state index in [0.29, 0.717) is 15.9 Å². The average molecular weight is 347 g/mol. The molecule has 0 radical (unpaired) electrons. The van der Waals surface area contributed by atoms with Gasteiger partial charge in [-0.15, -0.1) is 0 Å². The van der Waals surface area contributed by atoms with Gasteiger partial charge in [0.1, 0.15) is 0 Å². The molecule has 0 saturated heterocycles. The van der Waals surface area contributed by atoms with Gasteiger partial charge in [0.25, 0.3) is 10.1 Å². The van der Waals surface area contributed by atoms with Gasteiger partial charge in [0.15, 0.2) is 0 Å². The van der Waals surface area contributed by atoms with Crippen molar-refractivity contribution in [3.05, 3.63) is 59.1 Å². The molecule has 0 aliphatic heterocycles. The number of hydrogen-bond donors (Lipinski definition) is 1. The molecule has 112 valence electrons. The van der Waals surface area contributed by atoms with Gasteiger partial charge in [0.05, 0.1) is 11.5 Å². The van der Waals surface area contributed by atoms with Gasteiger partial charge in [-0.05, 0) is 42.0 Å². The van der Waals surface area contributed by atoms with Crippen molar-refractivity contribution in [1.82, 2.24) is 0 Å². The topological polar surface area (TPSA) is 80.7 Å².